The Kier molecular flexibility index (Phi) is 4.37. The smallest absolute Gasteiger partial charge is 0.0801 e. The van der Waals surface area contributed by atoms with E-state index in [9.17, 15) is 0 Å². The van der Waals surface area contributed by atoms with Crippen LogP contribution in [0.25, 0.3) is 10.8 Å². The first-order valence-electron chi connectivity index (χ1n) is 7.07. The minimum atomic E-state index is 0.0817. The number of ether oxygens (including phenoxy) is 1. The molecule has 0 fully saturated rings. The number of benzene rings is 3. The first-order valence-corrected chi connectivity index (χ1v) is 7.86. The Hall–Kier alpha value is -1.64. The Morgan fingerprint density at radius 2 is 1.62 bits per heavy atom. The third-order valence-corrected chi connectivity index (χ3v) is 4.18. The van der Waals surface area contributed by atoms with Crippen molar-refractivity contribution in [2.45, 2.75) is 19.6 Å². The van der Waals surface area contributed by atoms with Crippen molar-refractivity contribution in [3.05, 3.63) is 82.3 Å². The van der Waals surface area contributed by atoms with E-state index in [0.29, 0.717) is 6.61 Å². The van der Waals surface area contributed by atoms with Crippen LogP contribution < -0.4 is 0 Å². The molecule has 0 radical (unpaired) electrons. The van der Waals surface area contributed by atoms with Gasteiger partial charge in [0.1, 0.15) is 0 Å². The van der Waals surface area contributed by atoms with Crippen LogP contribution >= 0.6 is 15.9 Å². The van der Waals surface area contributed by atoms with Crippen LogP contribution in [0.3, 0.4) is 0 Å². The highest BCUT2D eigenvalue weighted by atomic mass is 79.9. The number of hydrogen-bond acceptors (Lipinski definition) is 1. The average Bonchev–Trinajstić information content (AvgIpc) is 2.53. The molecule has 0 spiro atoms. The maximum Gasteiger partial charge on any atom is 0.0801 e. The molecule has 0 aliphatic heterocycles. The fraction of sp³-hybridized carbons (Fsp3) is 0.158. The lowest BCUT2D eigenvalue weighted by molar-refractivity contribution is 0.0526. The van der Waals surface area contributed by atoms with Gasteiger partial charge in [0, 0.05) is 4.47 Å². The molecule has 0 saturated carbocycles. The van der Waals surface area contributed by atoms with Crippen LogP contribution in [0.5, 0.6) is 0 Å². The minimum absolute atomic E-state index is 0.0817. The van der Waals surface area contributed by atoms with Gasteiger partial charge < -0.3 is 4.74 Å². The fourth-order valence-corrected chi connectivity index (χ4v) is 2.62. The normalized spacial score (nSPS) is 12.5. The van der Waals surface area contributed by atoms with E-state index in [1.54, 1.807) is 0 Å². The molecule has 0 aliphatic rings. The summed E-state index contributed by atoms with van der Waals surface area (Å²) in [6.07, 6.45) is 0.0817. The van der Waals surface area contributed by atoms with Gasteiger partial charge in [0.25, 0.3) is 0 Å². The van der Waals surface area contributed by atoms with Gasteiger partial charge in [-0.1, -0.05) is 64.5 Å². The lowest BCUT2D eigenvalue weighted by Gasteiger charge is -2.14. The van der Waals surface area contributed by atoms with Crippen molar-refractivity contribution in [1.82, 2.24) is 0 Å². The number of hydrogen-bond donors (Lipinski definition) is 0. The highest BCUT2D eigenvalue weighted by Crippen LogP contribution is 2.23. The summed E-state index contributed by atoms with van der Waals surface area (Å²) in [5.41, 5.74) is 2.40. The molecule has 106 valence electrons. The van der Waals surface area contributed by atoms with Crippen molar-refractivity contribution in [3.8, 4) is 0 Å². The van der Waals surface area contributed by atoms with Crippen molar-refractivity contribution in [3.63, 3.8) is 0 Å². The van der Waals surface area contributed by atoms with Crippen molar-refractivity contribution >= 4 is 26.7 Å². The predicted molar refractivity (Wildman–Crippen MR) is 91.3 cm³/mol. The first kappa shape index (κ1) is 14.3. The second-order valence-electron chi connectivity index (χ2n) is 5.19. The van der Waals surface area contributed by atoms with E-state index >= 15 is 0 Å². The first-order chi connectivity index (χ1) is 10.2. The van der Waals surface area contributed by atoms with E-state index in [2.05, 4.69) is 77.5 Å². The lowest BCUT2D eigenvalue weighted by atomic mass is 10.0. The van der Waals surface area contributed by atoms with Crippen LogP contribution in [0.4, 0.5) is 0 Å². The van der Waals surface area contributed by atoms with E-state index in [1.807, 2.05) is 12.1 Å². The zero-order valence-corrected chi connectivity index (χ0v) is 13.5. The molecule has 1 nitrogen and oxygen atoms in total. The minimum Gasteiger partial charge on any atom is -0.369 e. The standard InChI is InChI=1S/C19H17BrO/c1-14(21-13-15-6-10-19(20)11-7-15)17-9-8-16-4-2-3-5-18(16)12-17/h2-12,14H,13H2,1H3/t14-/m0/s1. The Balaban J connectivity index is 1.71. The molecule has 21 heavy (non-hydrogen) atoms. The third-order valence-electron chi connectivity index (χ3n) is 3.66. The Morgan fingerprint density at radius 3 is 2.38 bits per heavy atom. The molecule has 0 N–H and O–H groups in total. The van der Waals surface area contributed by atoms with Crippen LogP contribution in [0.2, 0.25) is 0 Å². The Morgan fingerprint density at radius 1 is 0.905 bits per heavy atom. The summed E-state index contributed by atoms with van der Waals surface area (Å²) >= 11 is 3.44. The van der Waals surface area contributed by atoms with Crippen LogP contribution in [0, 0.1) is 0 Å². The van der Waals surface area contributed by atoms with Gasteiger partial charge >= 0.3 is 0 Å². The van der Waals surface area contributed by atoms with Crippen LogP contribution in [0.1, 0.15) is 24.2 Å². The van der Waals surface area contributed by atoms with E-state index in [-0.39, 0.29) is 6.10 Å². The molecule has 0 amide bonds. The summed E-state index contributed by atoms with van der Waals surface area (Å²) < 4.78 is 7.08. The lowest BCUT2D eigenvalue weighted by Crippen LogP contribution is -2.00. The molecule has 0 aromatic heterocycles. The van der Waals surface area contributed by atoms with Crippen molar-refractivity contribution < 1.29 is 4.74 Å². The predicted octanol–water partition coefficient (Wildman–Crippen LogP) is 5.88. The van der Waals surface area contributed by atoms with E-state index in [4.69, 9.17) is 4.74 Å². The van der Waals surface area contributed by atoms with E-state index in [1.165, 1.54) is 21.9 Å². The van der Waals surface area contributed by atoms with Gasteiger partial charge in [-0.15, -0.1) is 0 Å². The zero-order chi connectivity index (χ0) is 14.7. The van der Waals surface area contributed by atoms with Gasteiger partial charge in [-0.3, -0.25) is 0 Å². The molecular formula is C19H17BrO. The molecule has 0 bridgehead atoms. The van der Waals surface area contributed by atoms with Gasteiger partial charge in [0.2, 0.25) is 0 Å². The van der Waals surface area contributed by atoms with Crippen molar-refractivity contribution in [2.24, 2.45) is 0 Å². The molecule has 1 atom stereocenters. The Bertz CT molecular complexity index is 734. The summed E-state index contributed by atoms with van der Waals surface area (Å²) in [6.45, 7) is 2.73. The van der Waals surface area contributed by atoms with E-state index in [0.717, 1.165) is 4.47 Å². The van der Waals surface area contributed by atoms with E-state index < -0.39 is 0 Å². The molecule has 0 aliphatic carbocycles. The number of fused-ring (bicyclic) bond motifs is 1. The third kappa shape index (κ3) is 3.52. The number of halogens is 1. The van der Waals surface area contributed by atoms with Gasteiger partial charge in [-0.05, 0) is 47.0 Å². The van der Waals surface area contributed by atoms with Gasteiger partial charge in [0.15, 0.2) is 0 Å². The monoisotopic (exact) mass is 340 g/mol. The number of rotatable bonds is 4. The fourth-order valence-electron chi connectivity index (χ4n) is 2.36. The van der Waals surface area contributed by atoms with Crippen LogP contribution in [-0.2, 0) is 11.3 Å². The largest absolute Gasteiger partial charge is 0.369 e. The molecule has 2 heteroatoms. The SMILES string of the molecule is C[C@H](OCc1ccc(Br)cc1)c1ccc2ccccc2c1. The zero-order valence-electron chi connectivity index (χ0n) is 11.9. The second-order valence-corrected chi connectivity index (χ2v) is 6.10. The second kappa shape index (κ2) is 6.42. The molecule has 3 aromatic rings. The topological polar surface area (TPSA) is 9.23 Å². The van der Waals surface area contributed by atoms with Gasteiger partial charge in [0.05, 0.1) is 12.7 Å². The highest BCUT2D eigenvalue weighted by molar-refractivity contribution is 9.10. The summed E-state index contributed by atoms with van der Waals surface area (Å²) in [7, 11) is 0. The molecule has 0 unspecified atom stereocenters. The molecule has 3 rings (SSSR count). The maximum atomic E-state index is 5.99. The molecular weight excluding hydrogens is 324 g/mol. The average molecular weight is 341 g/mol. The summed E-state index contributed by atoms with van der Waals surface area (Å²) in [6, 6.07) is 23.2. The molecule has 0 saturated heterocycles. The summed E-state index contributed by atoms with van der Waals surface area (Å²) in [4.78, 5) is 0. The summed E-state index contributed by atoms with van der Waals surface area (Å²) in [5, 5.41) is 2.52. The van der Waals surface area contributed by atoms with Crippen molar-refractivity contribution in [1.29, 1.82) is 0 Å². The van der Waals surface area contributed by atoms with Crippen molar-refractivity contribution in [2.75, 3.05) is 0 Å². The van der Waals surface area contributed by atoms with Crippen LogP contribution in [0.15, 0.2) is 71.2 Å². The molecule has 3 aromatic carbocycles. The quantitative estimate of drug-likeness (QED) is 0.576. The van der Waals surface area contributed by atoms with Gasteiger partial charge in [-0.25, -0.2) is 0 Å². The maximum absolute atomic E-state index is 5.99. The molecule has 0 heterocycles. The highest BCUT2D eigenvalue weighted by Gasteiger charge is 2.07. The van der Waals surface area contributed by atoms with Gasteiger partial charge in [-0.2, -0.15) is 0 Å². The van der Waals surface area contributed by atoms with Crippen LogP contribution in [-0.4, -0.2) is 0 Å². The summed E-state index contributed by atoms with van der Waals surface area (Å²) in [5.74, 6) is 0. The Labute approximate surface area is 133 Å².